The van der Waals surface area contributed by atoms with Crippen LogP contribution in [0.5, 0.6) is 0 Å². The fourth-order valence-corrected chi connectivity index (χ4v) is 2.92. The zero-order chi connectivity index (χ0) is 14.4. The second-order valence-corrected chi connectivity index (χ2v) is 5.22. The maximum Gasteiger partial charge on any atom is 0.263 e. The molecule has 0 spiro atoms. The molecule has 1 fully saturated rings. The number of aryl methyl sites for hydroxylation is 1. The number of fused-ring (bicyclic) bond motifs is 1. The smallest absolute Gasteiger partial charge is 0.263 e. The van der Waals surface area contributed by atoms with Gasteiger partial charge in [-0.2, -0.15) is 10.1 Å². The summed E-state index contributed by atoms with van der Waals surface area (Å²) in [7, 11) is 1.78. The summed E-state index contributed by atoms with van der Waals surface area (Å²) in [5.41, 5.74) is 0.437. The number of hydrogen-bond donors (Lipinski definition) is 2. The third-order valence-electron chi connectivity index (χ3n) is 3.95. The molecule has 1 aliphatic heterocycles. The Balaban J connectivity index is 1.82. The van der Waals surface area contributed by atoms with E-state index in [-0.39, 0.29) is 11.6 Å². The molecular formula is C13H15N7O. The van der Waals surface area contributed by atoms with Gasteiger partial charge >= 0.3 is 0 Å². The third kappa shape index (κ3) is 1.83. The average molecular weight is 285 g/mol. The van der Waals surface area contributed by atoms with E-state index in [4.69, 9.17) is 0 Å². The van der Waals surface area contributed by atoms with Gasteiger partial charge in [0.05, 0.1) is 12.2 Å². The van der Waals surface area contributed by atoms with Gasteiger partial charge in [-0.15, -0.1) is 0 Å². The molecular weight excluding hydrogens is 270 g/mol. The highest BCUT2D eigenvalue weighted by molar-refractivity contribution is 5.74. The van der Waals surface area contributed by atoms with Crippen molar-refractivity contribution in [2.75, 3.05) is 11.4 Å². The molecule has 0 saturated carbocycles. The fourth-order valence-electron chi connectivity index (χ4n) is 2.92. The lowest BCUT2D eigenvalue weighted by Crippen LogP contribution is -2.27. The van der Waals surface area contributed by atoms with E-state index in [0.717, 1.165) is 25.2 Å². The molecule has 21 heavy (non-hydrogen) atoms. The maximum atomic E-state index is 12.2. The van der Waals surface area contributed by atoms with Crippen LogP contribution in [-0.2, 0) is 7.05 Å². The van der Waals surface area contributed by atoms with Crippen molar-refractivity contribution in [3.63, 3.8) is 0 Å². The summed E-state index contributed by atoms with van der Waals surface area (Å²) < 4.78 is 1.62. The molecule has 3 aromatic rings. The Bertz CT molecular complexity index is 832. The quantitative estimate of drug-likeness (QED) is 0.723. The van der Waals surface area contributed by atoms with Gasteiger partial charge in [0.2, 0.25) is 5.95 Å². The summed E-state index contributed by atoms with van der Waals surface area (Å²) in [4.78, 5) is 29.2. The van der Waals surface area contributed by atoms with Crippen LogP contribution in [0.2, 0.25) is 0 Å². The number of anilines is 1. The molecule has 108 valence electrons. The monoisotopic (exact) mass is 285 g/mol. The SMILES string of the molecule is Cn1ncc2c(=O)[nH]c(N3CCCC3c3ncc[nH]3)nc21. The summed E-state index contributed by atoms with van der Waals surface area (Å²) in [5, 5.41) is 4.60. The highest BCUT2D eigenvalue weighted by Crippen LogP contribution is 2.32. The van der Waals surface area contributed by atoms with Crippen LogP contribution in [-0.4, -0.2) is 36.3 Å². The van der Waals surface area contributed by atoms with Crippen molar-refractivity contribution in [2.24, 2.45) is 7.05 Å². The predicted molar refractivity (Wildman–Crippen MR) is 77.0 cm³/mol. The van der Waals surface area contributed by atoms with E-state index in [1.54, 1.807) is 24.1 Å². The molecule has 3 aromatic heterocycles. The van der Waals surface area contributed by atoms with Gasteiger partial charge in [0.25, 0.3) is 5.56 Å². The van der Waals surface area contributed by atoms with Crippen molar-refractivity contribution in [3.05, 3.63) is 34.8 Å². The average Bonchev–Trinajstić information content (AvgIpc) is 3.17. The van der Waals surface area contributed by atoms with Crippen LogP contribution < -0.4 is 10.5 Å². The van der Waals surface area contributed by atoms with Gasteiger partial charge in [0.1, 0.15) is 11.2 Å². The Morgan fingerprint density at radius 2 is 2.33 bits per heavy atom. The van der Waals surface area contributed by atoms with Crippen LogP contribution in [0.3, 0.4) is 0 Å². The van der Waals surface area contributed by atoms with Crippen molar-refractivity contribution in [1.82, 2.24) is 29.7 Å². The molecule has 1 saturated heterocycles. The van der Waals surface area contributed by atoms with Crippen LogP contribution in [0.1, 0.15) is 24.7 Å². The Morgan fingerprint density at radius 1 is 1.43 bits per heavy atom. The first-order chi connectivity index (χ1) is 10.2. The van der Waals surface area contributed by atoms with Crippen molar-refractivity contribution >= 4 is 17.0 Å². The summed E-state index contributed by atoms with van der Waals surface area (Å²) in [6.45, 7) is 0.845. The number of nitrogens with one attached hydrogen (secondary N) is 2. The normalized spacial score (nSPS) is 18.7. The van der Waals surface area contributed by atoms with Crippen LogP contribution in [0.4, 0.5) is 5.95 Å². The number of H-pyrrole nitrogens is 2. The molecule has 4 rings (SSSR count). The number of hydrogen-bond acceptors (Lipinski definition) is 5. The van der Waals surface area contributed by atoms with E-state index in [1.807, 2.05) is 6.20 Å². The van der Waals surface area contributed by atoms with Crippen molar-refractivity contribution < 1.29 is 0 Å². The van der Waals surface area contributed by atoms with Gasteiger partial charge in [-0.05, 0) is 12.8 Å². The Morgan fingerprint density at radius 3 is 3.14 bits per heavy atom. The minimum absolute atomic E-state index is 0.119. The molecule has 0 aromatic carbocycles. The highest BCUT2D eigenvalue weighted by atomic mass is 16.1. The maximum absolute atomic E-state index is 12.2. The molecule has 4 heterocycles. The van der Waals surface area contributed by atoms with Gasteiger partial charge in [0.15, 0.2) is 5.65 Å². The number of aromatic amines is 2. The van der Waals surface area contributed by atoms with Gasteiger partial charge < -0.3 is 9.88 Å². The van der Waals surface area contributed by atoms with Gasteiger partial charge in [-0.1, -0.05) is 0 Å². The molecule has 0 aliphatic carbocycles. The van der Waals surface area contributed by atoms with Crippen LogP contribution >= 0.6 is 0 Å². The standard InChI is InChI=1S/C13H15N7O/c1-19-11-8(7-16-19)12(21)18-13(17-11)20-6-2-3-9(20)10-14-4-5-15-10/h4-5,7,9H,2-3,6H2,1H3,(H,14,15)(H,17,18,21). The van der Waals surface area contributed by atoms with E-state index >= 15 is 0 Å². The Labute approximate surface area is 119 Å². The molecule has 0 radical (unpaired) electrons. The summed E-state index contributed by atoms with van der Waals surface area (Å²) in [6.07, 6.45) is 7.12. The minimum atomic E-state index is -0.159. The van der Waals surface area contributed by atoms with Crippen LogP contribution in [0.25, 0.3) is 11.0 Å². The minimum Gasteiger partial charge on any atom is -0.347 e. The molecule has 2 N–H and O–H groups in total. The van der Waals surface area contributed by atoms with E-state index < -0.39 is 0 Å². The van der Waals surface area contributed by atoms with Gasteiger partial charge in [-0.25, -0.2) is 4.98 Å². The fraction of sp³-hybridized carbons (Fsp3) is 0.385. The topological polar surface area (TPSA) is 95.5 Å². The molecule has 8 nitrogen and oxygen atoms in total. The predicted octanol–water partition coefficient (Wildman–Crippen LogP) is 0.721. The molecule has 1 unspecified atom stereocenters. The largest absolute Gasteiger partial charge is 0.347 e. The molecule has 8 heteroatoms. The third-order valence-corrected chi connectivity index (χ3v) is 3.95. The zero-order valence-corrected chi connectivity index (χ0v) is 11.6. The molecule has 1 atom stereocenters. The second-order valence-electron chi connectivity index (χ2n) is 5.22. The second kappa shape index (κ2) is 4.44. The van der Waals surface area contributed by atoms with E-state index in [1.165, 1.54) is 0 Å². The lowest BCUT2D eigenvalue weighted by molar-refractivity contribution is 0.661. The highest BCUT2D eigenvalue weighted by Gasteiger charge is 2.30. The number of rotatable bonds is 2. The summed E-state index contributed by atoms with van der Waals surface area (Å²) >= 11 is 0. The summed E-state index contributed by atoms with van der Waals surface area (Å²) in [6, 6.07) is 0.119. The van der Waals surface area contributed by atoms with E-state index in [0.29, 0.717) is 17.0 Å². The number of nitrogens with zero attached hydrogens (tertiary/aromatic N) is 5. The number of imidazole rings is 1. The van der Waals surface area contributed by atoms with Crippen molar-refractivity contribution in [2.45, 2.75) is 18.9 Å². The van der Waals surface area contributed by atoms with E-state index in [2.05, 4.69) is 29.9 Å². The van der Waals surface area contributed by atoms with Crippen LogP contribution in [0, 0.1) is 0 Å². The first-order valence-corrected chi connectivity index (χ1v) is 6.92. The van der Waals surface area contributed by atoms with Gasteiger partial charge in [-0.3, -0.25) is 14.5 Å². The lowest BCUT2D eigenvalue weighted by atomic mass is 10.2. The van der Waals surface area contributed by atoms with Crippen molar-refractivity contribution in [1.29, 1.82) is 0 Å². The zero-order valence-electron chi connectivity index (χ0n) is 11.6. The summed E-state index contributed by atoms with van der Waals surface area (Å²) in [5.74, 6) is 1.48. The van der Waals surface area contributed by atoms with Gasteiger partial charge in [0, 0.05) is 26.0 Å². The van der Waals surface area contributed by atoms with E-state index in [9.17, 15) is 4.79 Å². The molecule has 0 bridgehead atoms. The number of aromatic nitrogens is 6. The molecule has 0 amide bonds. The first-order valence-electron chi connectivity index (χ1n) is 6.92. The lowest BCUT2D eigenvalue weighted by Gasteiger charge is -2.23. The van der Waals surface area contributed by atoms with Crippen LogP contribution in [0.15, 0.2) is 23.4 Å². The Kier molecular flexibility index (Phi) is 2.56. The Hall–Kier alpha value is -2.64. The molecule has 1 aliphatic rings. The first kappa shape index (κ1) is 12.1. The van der Waals surface area contributed by atoms with Crippen molar-refractivity contribution in [3.8, 4) is 0 Å².